The summed E-state index contributed by atoms with van der Waals surface area (Å²) in [5, 5.41) is 3.56. The minimum atomic E-state index is 0.0648. The summed E-state index contributed by atoms with van der Waals surface area (Å²) in [4.78, 5) is 17.5. The fourth-order valence-corrected chi connectivity index (χ4v) is 3.45. The first kappa shape index (κ1) is 18.7. The van der Waals surface area contributed by atoms with Gasteiger partial charge in [-0.3, -0.25) is 4.98 Å². The molecule has 1 fully saturated rings. The van der Waals surface area contributed by atoms with Crippen molar-refractivity contribution < 1.29 is 14.2 Å². The van der Waals surface area contributed by atoms with E-state index in [2.05, 4.69) is 25.2 Å². The predicted molar refractivity (Wildman–Crippen MR) is 105 cm³/mol. The Morgan fingerprint density at radius 1 is 1.21 bits per heavy atom. The van der Waals surface area contributed by atoms with Gasteiger partial charge in [0.15, 0.2) is 11.5 Å². The summed E-state index contributed by atoms with van der Waals surface area (Å²) >= 11 is 0. The standard InChI is InChI=1S/C19H26N6O3/c1-24(2)19-20-5-4-18(23-19)25-11-14(17(12-25)26-3)22-9-13-8-15-16(10-21-13)28-7-6-27-15/h4-5,8,10,14,17,22H,6-7,9,11-12H2,1-3H3/t14-,17+/m0/s1. The number of nitrogens with one attached hydrogen (secondary N) is 1. The molecule has 0 bridgehead atoms. The van der Waals surface area contributed by atoms with E-state index in [0.717, 1.165) is 30.4 Å². The van der Waals surface area contributed by atoms with E-state index in [1.165, 1.54) is 0 Å². The third-order valence-electron chi connectivity index (χ3n) is 4.95. The Labute approximate surface area is 164 Å². The van der Waals surface area contributed by atoms with Crippen LogP contribution in [0.5, 0.6) is 11.5 Å². The van der Waals surface area contributed by atoms with Gasteiger partial charge in [0.25, 0.3) is 0 Å². The zero-order chi connectivity index (χ0) is 19.5. The third-order valence-corrected chi connectivity index (χ3v) is 4.95. The average molecular weight is 386 g/mol. The Morgan fingerprint density at radius 2 is 2.04 bits per heavy atom. The van der Waals surface area contributed by atoms with Gasteiger partial charge >= 0.3 is 0 Å². The highest BCUT2D eigenvalue weighted by molar-refractivity contribution is 5.45. The second kappa shape index (κ2) is 8.15. The van der Waals surface area contributed by atoms with Gasteiger partial charge in [-0.25, -0.2) is 4.98 Å². The van der Waals surface area contributed by atoms with Crippen molar-refractivity contribution in [2.24, 2.45) is 0 Å². The van der Waals surface area contributed by atoms with Crippen LogP contribution in [0.4, 0.5) is 11.8 Å². The van der Waals surface area contributed by atoms with Gasteiger partial charge in [0, 0.05) is 53.1 Å². The summed E-state index contributed by atoms with van der Waals surface area (Å²) < 4.78 is 16.9. The molecule has 2 aliphatic heterocycles. The van der Waals surface area contributed by atoms with Gasteiger partial charge in [-0.15, -0.1) is 0 Å². The highest BCUT2D eigenvalue weighted by atomic mass is 16.6. The molecule has 0 amide bonds. The van der Waals surface area contributed by atoms with Crippen LogP contribution < -0.4 is 24.6 Å². The van der Waals surface area contributed by atoms with Crippen LogP contribution in [-0.4, -0.2) is 74.6 Å². The molecule has 2 aromatic heterocycles. The summed E-state index contributed by atoms with van der Waals surface area (Å²) in [7, 11) is 5.62. The van der Waals surface area contributed by atoms with Crippen LogP contribution in [-0.2, 0) is 11.3 Å². The number of anilines is 2. The Kier molecular flexibility index (Phi) is 5.45. The molecule has 0 radical (unpaired) electrons. The molecule has 9 heteroatoms. The van der Waals surface area contributed by atoms with E-state index in [1.54, 1.807) is 19.5 Å². The van der Waals surface area contributed by atoms with Gasteiger partial charge in [0.05, 0.1) is 24.0 Å². The van der Waals surface area contributed by atoms with Crippen molar-refractivity contribution in [2.75, 3.05) is 57.3 Å². The minimum Gasteiger partial charge on any atom is -0.486 e. The van der Waals surface area contributed by atoms with Gasteiger partial charge in [-0.2, -0.15) is 4.98 Å². The van der Waals surface area contributed by atoms with Gasteiger partial charge in [-0.05, 0) is 6.07 Å². The van der Waals surface area contributed by atoms with Crippen molar-refractivity contribution in [3.05, 3.63) is 30.2 Å². The van der Waals surface area contributed by atoms with E-state index in [9.17, 15) is 0 Å². The van der Waals surface area contributed by atoms with Gasteiger partial charge in [0.1, 0.15) is 19.0 Å². The highest BCUT2D eigenvalue weighted by Crippen LogP contribution is 2.29. The van der Waals surface area contributed by atoms with E-state index in [-0.39, 0.29) is 12.1 Å². The van der Waals surface area contributed by atoms with Crippen molar-refractivity contribution in [1.29, 1.82) is 0 Å². The maximum absolute atomic E-state index is 5.71. The first-order valence-electron chi connectivity index (χ1n) is 9.40. The summed E-state index contributed by atoms with van der Waals surface area (Å²) in [6, 6.07) is 4.03. The molecule has 1 N–H and O–H groups in total. The maximum Gasteiger partial charge on any atom is 0.226 e. The Hall–Kier alpha value is -2.65. The van der Waals surface area contributed by atoms with Crippen molar-refractivity contribution in [1.82, 2.24) is 20.3 Å². The number of aromatic nitrogens is 3. The minimum absolute atomic E-state index is 0.0648. The lowest BCUT2D eigenvalue weighted by atomic mass is 10.2. The zero-order valence-corrected chi connectivity index (χ0v) is 16.5. The molecule has 2 aromatic rings. The highest BCUT2D eigenvalue weighted by Gasteiger charge is 2.33. The first-order chi connectivity index (χ1) is 13.6. The van der Waals surface area contributed by atoms with Crippen molar-refractivity contribution in [3.8, 4) is 11.5 Å². The lowest BCUT2D eigenvalue weighted by Crippen LogP contribution is -2.39. The van der Waals surface area contributed by atoms with E-state index < -0.39 is 0 Å². The number of rotatable bonds is 6. The molecule has 0 aromatic carbocycles. The molecule has 4 rings (SSSR count). The van der Waals surface area contributed by atoms with Gasteiger partial charge < -0.3 is 29.3 Å². The number of methoxy groups -OCH3 is 1. The summed E-state index contributed by atoms with van der Waals surface area (Å²) in [5.41, 5.74) is 0.912. The SMILES string of the molecule is CO[C@@H]1CN(c2ccnc(N(C)C)n2)C[C@@H]1NCc1cc2c(cn1)OCCO2. The van der Waals surface area contributed by atoms with Crippen LogP contribution in [0, 0.1) is 0 Å². The number of ether oxygens (including phenoxy) is 3. The predicted octanol–water partition coefficient (Wildman–Crippen LogP) is 0.702. The van der Waals surface area contributed by atoms with Crippen LogP contribution in [0.25, 0.3) is 0 Å². The Bertz CT molecular complexity index is 818. The fourth-order valence-electron chi connectivity index (χ4n) is 3.45. The van der Waals surface area contributed by atoms with Crippen LogP contribution in [0.1, 0.15) is 5.69 Å². The van der Waals surface area contributed by atoms with Crippen LogP contribution in [0.15, 0.2) is 24.5 Å². The molecule has 2 atom stereocenters. The zero-order valence-electron chi connectivity index (χ0n) is 16.5. The molecule has 0 aliphatic carbocycles. The van der Waals surface area contributed by atoms with E-state index in [1.807, 2.05) is 31.1 Å². The molecule has 0 unspecified atom stereocenters. The molecule has 28 heavy (non-hydrogen) atoms. The Morgan fingerprint density at radius 3 is 2.82 bits per heavy atom. The van der Waals surface area contributed by atoms with Crippen LogP contribution >= 0.6 is 0 Å². The lowest BCUT2D eigenvalue weighted by molar-refractivity contribution is 0.0965. The average Bonchev–Trinajstić information content (AvgIpc) is 3.15. The number of hydrogen-bond donors (Lipinski definition) is 1. The van der Waals surface area contributed by atoms with Crippen LogP contribution in [0.3, 0.4) is 0 Å². The molecule has 2 aliphatic rings. The maximum atomic E-state index is 5.71. The number of nitrogens with zero attached hydrogens (tertiary/aromatic N) is 5. The summed E-state index contributed by atoms with van der Waals surface area (Å²) in [6.07, 6.45) is 3.58. The fraction of sp³-hybridized carbons (Fsp3) is 0.526. The van der Waals surface area contributed by atoms with Crippen molar-refractivity contribution >= 4 is 11.8 Å². The third kappa shape index (κ3) is 3.95. The summed E-state index contributed by atoms with van der Waals surface area (Å²) in [6.45, 7) is 3.33. The Balaban J connectivity index is 1.41. The quantitative estimate of drug-likeness (QED) is 0.771. The van der Waals surface area contributed by atoms with Gasteiger partial charge in [-0.1, -0.05) is 0 Å². The molecule has 1 saturated heterocycles. The first-order valence-corrected chi connectivity index (χ1v) is 9.40. The van der Waals surface area contributed by atoms with E-state index in [0.29, 0.717) is 31.5 Å². The lowest BCUT2D eigenvalue weighted by Gasteiger charge is -2.20. The molecule has 9 nitrogen and oxygen atoms in total. The smallest absolute Gasteiger partial charge is 0.226 e. The van der Waals surface area contributed by atoms with Gasteiger partial charge in [0.2, 0.25) is 5.95 Å². The number of pyridine rings is 1. The molecule has 0 saturated carbocycles. The molecule has 150 valence electrons. The van der Waals surface area contributed by atoms with Crippen molar-refractivity contribution in [2.45, 2.75) is 18.7 Å². The van der Waals surface area contributed by atoms with Crippen LogP contribution in [0.2, 0.25) is 0 Å². The largest absolute Gasteiger partial charge is 0.486 e. The second-order valence-corrected chi connectivity index (χ2v) is 7.10. The molecular weight excluding hydrogens is 360 g/mol. The molecular formula is C19H26N6O3. The van der Waals surface area contributed by atoms with E-state index >= 15 is 0 Å². The normalized spacial score (nSPS) is 21.0. The molecule has 0 spiro atoms. The van der Waals surface area contributed by atoms with Crippen molar-refractivity contribution in [3.63, 3.8) is 0 Å². The topological polar surface area (TPSA) is 84.9 Å². The monoisotopic (exact) mass is 386 g/mol. The summed E-state index contributed by atoms with van der Waals surface area (Å²) in [5.74, 6) is 3.06. The second-order valence-electron chi connectivity index (χ2n) is 7.10. The van der Waals surface area contributed by atoms with E-state index in [4.69, 9.17) is 14.2 Å². The number of fused-ring (bicyclic) bond motifs is 1. The number of hydrogen-bond acceptors (Lipinski definition) is 9. The molecule has 4 heterocycles.